The van der Waals surface area contributed by atoms with Crippen LogP contribution in [-0.2, 0) is 10.2 Å². The van der Waals surface area contributed by atoms with Gasteiger partial charge in [0.1, 0.15) is 12.2 Å². The summed E-state index contributed by atoms with van der Waals surface area (Å²) in [5.74, 6) is 1.29. The highest BCUT2D eigenvalue weighted by molar-refractivity contribution is 7.87. The zero-order valence-electron chi connectivity index (χ0n) is 11.5. The van der Waals surface area contributed by atoms with Crippen LogP contribution in [0, 0.1) is 11.8 Å². The van der Waals surface area contributed by atoms with Gasteiger partial charge in [0.2, 0.25) is 0 Å². The maximum atomic E-state index is 12.3. The lowest BCUT2D eigenvalue weighted by molar-refractivity contribution is 0.219. The number of aromatic amines is 1. The molecule has 0 amide bonds. The van der Waals surface area contributed by atoms with Crippen molar-refractivity contribution in [3.8, 4) is 0 Å². The van der Waals surface area contributed by atoms with Crippen molar-refractivity contribution in [1.29, 1.82) is 0 Å². The Hall–Kier alpha value is -0.990. The summed E-state index contributed by atoms with van der Waals surface area (Å²) in [6, 6.07) is -0.417. The molecular weight excluding hydrogens is 266 g/mol. The van der Waals surface area contributed by atoms with Crippen LogP contribution in [0.3, 0.4) is 0 Å². The fourth-order valence-electron chi connectivity index (χ4n) is 2.58. The molecule has 0 aromatic carbocycles. The first kappa shape index (κ1) is 14.4. The molecule has 2 N–H and O–H groups in total. The maximum Gasteiger partial charge on any atom is 0.280 e. The molecule has 0 bridgehead atoms. The third-order valence-electron chi connectivity index (χ3n) is 3.34. The van der Waals surface area contributed by atoms with Crippen molar-refractivity contribution in [1.82, 2.24) is 24.2 Å². The lowest BCUT2D eigenvalue weighted by atomic mass is 9.94. The first-order valence-electron chi connectivity index (χ1n) is 6.51. The quantitative estimate of drug-likeness (QED) is 0.852. The fraction of sp³-hybridized carbons (Fsp3) is 0.818. The fourth-order valence-corrected chi connectivity index (χ4v) is 4.19. The van der Waals surface area contributed by atoms with Crippen LogP contribution in [0.15, 0.2) is 6.33 Å². The van der Waals surface area contributed by atoms with E-state index in [0.717, 1.165) is 6.42 Å². The normalized spacial score (nSPS) is 27.3. The molecule has 3 unspecified atom stereocenters. The molecule has 0 spiro atoms. The summed E-state index contributed by atoms with van der Waals surface area (Å²) in [5.41, 5.74) is 0. The molecule has 0 aliphatic carbocycles. The predicted octanol–water partition coefficient (Wildman–Crippen LogP) is 0.678. The van der Waals surface area contributed by atoms with E-state index in [9.17, 15) is 8.42 Å². The summed E-state index contributed by atoms with van der Waals surface area (Å²) in [6.45, 7) is 7.05. The molecule has 1 saturated heterocycles. The molecule has 1 aliphatic heterocycles. The Labute approximate surface area is 114 Å². The van der Waals surface area contributed by atoms with Gasteiger partial charge in [-0.15, -0.1) is 0 Å². The van der Waals surface area contributed by atoms with E-state index < -0.39 is 16.3 Å². The summed E-state index contributed by atoms with van der Waals surface area (Å²) < 4.78 is 28.8. The average Bonchev–Trinajstić information content (AvgIpc) is 2.80. The van der Waals surface area contributed by atoms with E-state index in [2.05, 4.69) is 33.8 Å². The monoisotopic (exact) mass is 287 g/mol. The molecule has 7 nitrogen and oxygen atoms in total. The molecule has 1 aliphatic rings. The summed E-state index contributed by atoms with van der Waals surface area (Å²) in [5, 5.41) is 6.40. The number of hydrogen-bond acceptors (Lipinski definition) is 4. The highest BCUT2D eigenvalue weighted by atomic mass is 32.2. The van der Waals surface area contributed by atoms with Crippen LogP contribution in [0.4, 0.5) is 0 Å². The van der Waals surface area contributed by atoms with Crippen molar-refractivity contribution in [2.24, 2.45) is 11.8 Å². The van der Waals surface area contributed by atoms with E-state index in [1.54, 1.807) is 6.92 Å². The van der Waals surface area contributed by atoms with Crippen LogP contribution < -0.4 is 4.72 Å². The van der Waals surface area contributed by atoms with Gasteiger partial charge in [0.25, 0.3) is 10.2 Å². The summed E-state index contributed by atoms with van der Waals surface area (Å²) in [7, 11) is -3.48. The largest absolute Gasteiger partial charge is 0.280 e. The molecule has 2 heterocycles. The molecule has 8 heteroatoms. The zero-order valence-corrected chi connectivity index (χ0v) is 12.3. The molecule has 1 aromatic rings. The maximum absolute atomic E-state index is 12.3. The molecule has 1 aromatic heterocycles. The third kappa shape index (κ3) is 3.52. The van der Waals surface area contributed by atoms with E-state index in [0.29, 0.717) is 30.7 Å². The second-order valence-electron chi connectivity index (χ2n) is 5.48. The van der Waals surface area contributed by atoms with Gasteiger partial charge in [-0.1, -0.05) is 13.8 Å². The van der Waals surface area contributed by atoms with Crippen molar-refractivity contribution < 1.29 is 8.42 Å². The van der Waals surface area contributed by atoms with Gasteiger partial charge in [0, 0.05) is 13.1 Å². The van der Waals surface area contributed by atoms with Gasteiger partial charge >= 0.3 is 0 Å². The van der Waals surface area contributed by atoms with Crippen LogP contribution in [0.1, 0.15) is 39.1 Å². The second kappa shape index (κ2) is 5.56. The first-order valence-corrected chi connectivity index (χ1v) is 7.95. The van der Waals surface area contributed by atoms with Crippen LogP contribution in [0.5, 0.6) is 0 Å². The summed E-state index contributed by atoms with van der Waals surface area (Å²) in [6.07, 6.45) is 2.44. The second-order valence-corrected chi connectivity index (χ2v) is 7.18. The number of piperidine rings is 1. The lowest BCUT2D eigenvalue weighted by Crippen LogP contribution is -2.48. The molecule has 0 radical (unpaired) electrons. The van der Waals surface area contributed by atoms with Crippen LogP contribution in [0.2, 0.25) is 0 Å². The van der Waals surface area contributed by atoms with E-state index in [4.69, 9.17) is 0 Å². The highest BCUT2D eigenvalue weighted by Gasteiger charge is 2.31. The Morgan fingerprint density at radius 3 is 2.58 bits per heavy atom. The minimum atomic E-state index is -3.48. The zero-order chi connectivity index (χ0) is 14.0. The van der Waals surface area contributed by atoms with Gasteiger partial charge < -0.3 is 0 Å². The molecule has 3 atom stereocenters. The molecule has 0 saturated carbocycles. The topological polar surface area (TPSA) is 91.0 Å². The van der Waals surface area contributed by atoms with Crippen molar-refractivity contribution in [3.05, 3.63) is 12.2 Å². The average molecular weight is 287 g/mol. The van der Waals surface area contributed by atoms with Crippen LogP contribution >= 0.6 is 0 Å². The van der Waals surface area contributed by atoms with E-state index in [-0.39, 0.29) is 0 Å². The lowest BCUT2D eigenvalue weighted by Gasteiger charge is -2.34. The minimum Gasteiger partial charge on any atom is -0.262 e. The summed E-state index contributed by atoms with van der Waals surface area (Å²) in [4.78, 5) is 3.96. The van der Waals surface area contributed by atoms with Gasteiger partial charge in [0.15, 0.2) is 0 Å². The van der Waals surface area contributed by atoms with Crippen molar-refractivity contribution in [2.75, 3.05) is 13.1 Å². The SMILES string of the molecule is CC1CC(C)CN(S(=O)(=O)NC(C)c2ncn[nH]2)C1. The first-order chi connectivity index (χ1) is 8.88. The number of nitrogens with zero attached hydrogens (tertiary/aromatic N) is 3. The standard InChI is InChI=1S/C11H21N5O2S/c1-8-4-9(2)6-16(5-8)19(17,18)15-10(3)11-12-7-13-14-11/h7-10,15H,4-6H2,1-3H3,(H,12,13,14). The Morgan fingerprint density at radius 2 is 2.05 bits per heavy atom. The van der Waals surface area contributed by atoms with E-state index in [1.165, 1.54) is 10.6 Å². The molecule has 2 rings (SSSR count). The Kier molecular flexibility index (Phi) is 4.22. The number of rotatable bonds is 4. The predicted molar refractivity (Wildman–Crippen MR) is 71.4 cm³/mol. The molecular formula is C11H21N5O2S. The van der Waals surface area contributed by atoms with Gasteiger partial charge in [-0.25, -0.2) is 4.98 Å². The number of H-pyrrole nitrogens is 1. The third-order valence-corrected chi connectivity index (χ3v) is 4.97. The number of hydrogen-bond donors (Lipinski definition) is 2. The van der Waals surface area contributed by atoms with Crippen LogP contribution in [-0.4, -0.2) is 41.0 Å². The van der Waals surface area contributed by atoms with Crippen molar-refractivity contribution in [3.63, 3.8) is 0 Å². The summed E-state index contributed by atoms with van der Waals surface area (Å²) >= 11 is 0. The van der Waals surface area contributed by atoms with Crippen molar-refractivity contribution >= 4 is 10.2 Å². The smallest absolute Gasteiger partial charge is 0.262 e. The van der Waals surface area contributed by atoms with Crippen molar-refractivity contribution in [2.45, 2.75) is 33.2 Å². The molecule has 1 fully saturated rings. The van der Waals surface area contributed by atoms with E-state index >= 15 is 0 Å². The number of aromatic nitrogens is 3. The Morgan fingerprint density at radius 1 is 1.42 bits per heavy atom. The molecule has 19 heavy (non-hydrogen) atoms. The van der Waals surface area contributed by atoms with E-state index in [1.807, 2.05) is 0 Å². The number of nitrogens with one attached hydrogen (secondary N) is 2. The molecule has 108 valence electrons. The minimum absolute atomic E-state index is 0.390. The van der Waals surface area contributed by atoms with Gasteiger partial charge in [0.05, 0.1) is 6.04 Å². The van der Waals surface area contributed by atoms with Gasteiger partial charge in [-0.2, -0.15) is 22.5 Å². The Bertz CT molecular complexity index is 491. The highest BCUT2D eigenvalue weighted by Crippen LogP contribution is 2.23. The van der Waals surface area contributed by atoms with Gasteiger partial charge in [-0.05, 0) is 25.2 Å². The van der Waals surface area contributed by atoms with Gasteiger partial charge in [-0.3, -0.25) is 5.10 Å². The Balaban J connectivity index is 2.05. The van der Waals surface area contributed by atoms with Crippen LogP contribution in [0.25, 0.3) is 0 Å².